The predicted molar refractivity (Wildman–Crippen MR) is 83.1 cm³/mol. The standard InChI is InChI=1S/C15H19BrN2O3/c1-2-17-14(20)10-4-3-7-18(9-10)15(21)12-8-11(16)5-6-13(12)19/h5-6,8,10,19H,2-4,7,9H2,1H3,(H,17,20)/t10-/m1/s1. The molecular weight excluding hydrogens is 336 g/mol. The first-order chi connectivity index (χ1) is 10.0. The molecule has 2 rings (SSSR count). The molecule has 2 N–H and O–H groups in total. The van der Waals surface area contributed by atoms with Gasteiger partial charge >= 0.3 is 0 Å². The zero-order chi connectivity index (χ0) is 15.4. The van der Waals surface area contributed by atoms with Crippen molar-refractivity contribution in [3.8, 4) is 5.75 Å². The fraction of sp³-hybridized carbons (Fsp3) is 0.467. The number of amides is 2. The summed E-state index contributed by atoms with van der Waals surface area (Å²) in [6, 6.07) is 4.77. The van der Waals surface area contributed by atoms with Gasteiger partial charge in [0.25, 0.3) is 5.91 Å². The fourth-order valence-corrected chi connectivity index (χ4v) is 2.91. The van der Waals surface area contributed by atoms with Crippen molar-refractivity contribution in [3.05, 3.63) is 28.2 Å². The minimum Gasteiger partial charge on any atom is -0.507 e. The van der Waals surface area contributed by atoms with E-state index in [0.717, 1.165) is 17.3 Å². The van der Waals surface area contributed by atoms with Crippen molar-refractivity contribution in [2.75, 3.05) is 19.6 Å². The van der Waals surface area contributed by atoms with Gasteiger partial charge in [-0.2, -0.15) is 0 Å². The van der Waals surface area contributed by atoms with Gasteiger partial charge in [0, 0.05) is 24.1 Å². The van der Waals surface area contributed by atoms with Crippen LogP contribution in [0.1, 0.15) is 30.1 Å². The molecule has 1 heterocycles. The minimum absolute atomic E-state index is 0.00605. The van der Waals surface area contributed by atoms with Crippen molar-refractivity contribution >= 4 is 27.7 Å². The number of benzene rings is 1. The van der Waals surface area contributed by atoms with Gasteiger partial charge in [0.15, 0.2) is 0 Å². The van der Waals surface area contributed by atoms with Gasteiger partial charge in [-0.15, -0.1) is 0 Å². The molecule has 114 valence electrons. The minimum atomic E-state index is -0.234. The van der Waals surface area contributed by atoms with Crippen molar-refractivity contribution < 1.29 is 14.7 Å². The topological polar surface area (TPSA) is 69.6 Å². The number of carbonyl (C=O) groups is 2. The van der Waals surface area contributed by atoms with Crippen LogP contribution in [0.25, 0.3) is 0 Å². The molecule has 1 fully saturated rings. The van der Waals surface area contributed by atoms with Crippen LogP contribution >= 0.6 is 15.9 Å². The zero-order valence-electron chi connectivity index (χ0n) is 11.9. The second-order valence-corrected chi connectivity index (χ2v) is 6.06. The van der Waals surface area contributed by atoms with Gasteiger partial charge in [-0.25, -0.2) is 0 Å². The van der Waals surface area contributed by atoms with Gasteiger partial charge in [0.1, 0.15) is 5.75 Å². The van der Waals surface area contributed by atoms with E-state index in [2.05, 4.69) is 21.2 Å². The van der Waals surface area contributed by atoms with Crippen LogP contribution in [0.15, 0.2) is 22.7 Å². The first-order valence-corrected chi connectivity index (χ1v) is 7.87. The maximum Gasteiger partial charge on any atom is 0.257 e. The summed E-state index contributed by atoms with van der Waals surface area (Å²) in [5.74, 6) is -0.448. The summed E-state index contributed by atoms with van der Waals surface area (Å²) in [6.45, 7) is 3.48. The van der Waals surface area contributed by atoms with E-state index >= 15 is 0 Å². The van der Waals surface area contributed by atoms with Crippen LogP contribution in [0.2, 0.25) is 0 Å². The normalized spacial score (nSPS) is 18.4. The molecule has 5 nitrogen and oxygen atoms in total. The number of phenols is 1. The SMILES string of the molecule is CCNC(=O)[C@@H]1CCCN(C(=O)c2cc(Br)ccc2O)C1. The first-order valence-electron chi connectivity index (χ1n) is 7.08. The summed E-state index contributed by atoms with van der Waals surface area (Å²) in [4.78, 5) is 26.1. The molecule has 1 aromatic carbocycles. The molecule has 21 heavy (non-hydrogen) atoms. The van der Waals surface area contributed by atoms with Crippen LogP contribution in [0.5, 0.6) is 5.75 Å². The Morgan fingerprint density at radius 3 is 2.95 bits per heavy atom. The molecule has 0 saturated carbocycles. The summed E-state index contributed by atoms with van der Waals surface area (Å²) in [6.07, 6.45) is 1.59. The van der Waals surface area contributed by atoms with E-state index in [1.54, 1.807) is 17.0 Å². The largest absolute Gasteiger partial charge is 0.507 e. The molecule has 6 heteroatoms. The van der Waals surface area contributed by atoms with Gasteiger partial charge in [-0.1, -0.05) is 15.9 Å². The second-order valence-electron chi connectivity index (χ2n) is 5.15. The van der Waals surface area contributed by atoms with Crippen LogP contribution < -0.4 is 5.32 Å². The Balaban J connectivity index is 2.12. The molecule has 0 spiro atoms. The van der Waals surface area contributed by atoms with Crippen molar-refractivity contribution in [3.63, 3.8) is 0 Å². The number of nitrogens with one attached hydrogen (secondary N) is 1. The maximum absolute atomic E-state index is 12.5. The fourth-order valence-electron chi connectivity index (χ4n) is 2.54. The Hall–Kier alpha value is -1.56. The molecule has 0 radical (unpaired) electrons. The number of halogens is 1. The Bertz CT molecular complexity index is 548. The third kappa shape index (κ3) is 3.75. The highest BCUT2D eigenvalue weighted by Gasteiger charge is 2.29. The second kappa shape index (κ2) is 6.93. The van der Waals surface area contributed by atoms with Crippen LogP contribution in [0.3, 0.4) is 0 Å². The number of phenolic OH excluding ortho intramolecular Hbond substituents is 1. The number of carbonyl (C=O) groups excluding carboxylic acids is 2. The molecule has 0 unspecified atom stereocenters. The Labute approximate surface area is 132 Å². The van der Waals surface area contributed by atoms with E-state index < -0.39 is 0 Å². The monoisotopic (exact) mass is 354 g/mol. The lowest BCUT2D eigenvalue weighted by atomic mass is 9.96. The predicted octanol–water partition coefficient (Wildman–Crippen LogP) is 2.14. The van der Waals surface area contributed by atoms with Gasteiger partial charge in [0.2, 0.25) is 5.91 Å². The van der Waals surface area contributed by atoms with Crippen LogP contribution in [0, 0.1) is 5.92 Å². The van der Waals surface area contributed by atoms with Crippen molar-refractivity contribution in [2.24, 2.45) is 5.92 Å². The average Bonchev–Trinajstić information content (AvgIpc) is 2.49. The quantitative estimate of drug-likeness (QED) is 0.873. The van der Waals surface area contributed by atoms with Crippen LogP contribution in [0.4, 0.5) is 0 Å². The van der Waals surface area contributed by atoms with E-state index in [4.69, 9.17) is 0 Å². The lowest BCUT2D eigenvalue weighted by Crippen LogP contribution is -2.45. The smallest absolute Gasteiger partial charge is 0.257 e. The van der Waals surface area contributed by atoms with Gasteiger partial charge < -0.3 is 15.3 Å². The van der Waals surface area contributed by atoms with Crippen LogP contribution in [-0.2, 0) is 4.79 Å². The van der Waals surface area contributed by atoms with Crippen LogP contribution in [-0.4, -0.2) is 41.5 Å². The summed E-state index contributed by atoms with van der Waals surface area (Å²) in [7, 11) is 0. The Morgan fingerprint density at radius 1 is 1.48 bits per heavy atom. The van der Waals surface area contributed by atoms with E-state index in [0.29, 0.717) is 19.6 Å². The van der Waals surface area contributed by atoms with Crippen molar-refractivity contribution in [1.82, 2.24) is 10.2 Å². The van der Waals surface area contributed by atoms with E-state index in [1.807, 2.05) is 6.92 Å². The zero-order valence-corrected chi connectivity index (χ0v) is 13.5. The maximum atomic E-state index is 12.5. The average molecular weight is 355 g/mol. The Morgan fingerprint density at radius 2 is 2.24 bits per heavy atom. The molecule has 1 atom stereocenters. The number of likely N-dealkylation sites (tertiary alicyclic amines) is 1. The molecule has 0 aromatic heterocycles. The van der Waals surface area contributed by atoms with E-state index in [9.17, 15) is 14.7 Å². The number of piperidine rings is 1. The number of nitrogens with zero attached hydrogens (tertiary/aromatic N) is 1. The molecule has 1 saturated heterocycles. The highest BCUT2D eigenvalue weighted by molar-refractivity contribution is 9.10. The highest BCUT2D eigenvalue weighted by Crippen LogP contribution is 2.25. The summed E-state index contributed by atoms with van der Waals surface area (Å²) < 4.78 is 0.737. The molecular formula is C15H19BrN2O3. The summed E-state index contributed by atoms with van der Waals surface area (Å²) in [5, 5.41) is 12.6. The Kier molecular flexibility index (Phi) is 5.22. The molecule has 0 bridgehead atoms. The van der Waals surface area contributed by atoms with Crippen molar-refractivity contribution in [1.29, 1.82) is 0 Å². The summed E-state index contributed by atoms with van der Waals surface area (Å²) in [5.41, 5.74) is 0.265. The van der Waals surface area contributed by atoms with Gasteiger partial charge in [-0.05, 0) is 38.0 Å². The molecule has 1 aliphatic heterocycles. The highest BCUT2D eigenvalue weighted by atomic mass is 79.9. The number of hydrogen-bond acceptors (Lipinski definition) is 3. The van der Waals surface area contributed by atoms with E-state index in [-0.39, 0.29) is 29.0 Å². The summed E-state index contributed by atoms with van der Waals surface area (Å²) >= 11 is 3.30. The van der Waals surface area contributed by atoms with Gasteiger partial charge in [-0.3, -0.25) is 9.59 Å². The molecule has 2 amide bonds. The molecule has 1 aromatic rings. The number of rotatable bonds is 3. The van der Waals surface area contributed by atoms with Gasteiger partial charge in [0.05, 0.1) is 11.5 Å². The third-order valence-corrected chi connectivity index (χ3v) is 4.11. The van der Waals surface area contributed by atoms with Crippen molar-refractivity contribution in [2.45, 2.75) is 19.8 Å². The lowest BCUT2D eigenvalue weighted by molar-refractivity contribution is -0.126. The van der Waals surface area contributed by atoms with E-state index in [1.165, 1.54) is 6.07 Å². The first kappa shape index (κ1) is 15.8. The number of aromatic hydroxyl groups is 1. The molecule has 1 aliphatic rings. The molecule has 0 aliphatic carbocycles. The number of hydrogen-bond donors (Lipinski definition) is 2. The lowest BCUT2D eigenvalue weighted by Gasteiger charge is -2.32. The third-order valence-electron chi connectivity index (χ3n) is 3.62.